The van der Waals surface area contributed by atoms with Gasteiger partial charge in [0.05, 0.1) is 0 Å². The average Bonchev–Trinajstić information content (AvgIpc) is 2.28. The molecule has 0 aromatic heterocycles. The van der Waals surface area contributed by atoms with Crippen molar-refractivity contribution in [2.75, 3.05) is 12.4 Å². The van der Waals surface area contributed by atoms with Crippen LogP contribution in [0, 0.1) is 11.3 Å². The van der Waals surface area contributed by atoms with Crippen molar-refractivity contribution in [3.8, 4) is 0 Å². The molecule has 0 bridgehead atoms. The number of hydrogen-bond acceptors (Lipinski definition) is 1. The van der Waals surface area contributed by atoms with Crippen LogP contribution in [0.15, 0.2) is 0 Å². The molecular formula is C15H28ClNO. The van der Waals surface area contributed by atoms with Gasteiger partial charge in [-0.2, -0.15) is 0 Å². The Morgan fingerprint density at radius 2 is 2.06 bits per heavy atom. The smallest absolute Gasteiger partial charge is 0.226 e. The molecule has 0 radical (unpaired) electrons. The summed E-state index contributed by atoms with van der Waals surface area (Å²) in [4.78, 5) is 14.8. The quantitative estimate of drug-likeness (QED) is 0.692. The molecule has 1 amide bonds. The molecule has 0 heterocycles. The van der Waals surface area contributed by atoms with Crippen LogP contribution in [-0.4, -0.2) is 29.3 Å². The topological polar surface area (TPSA) is 20.3 Å². The highest BCUT2D eigenvalue weighted by molar-refractivity contribution is 6.17. The van der Waals surface area contributed by atoms with Gasteiger partial charge in [-0.1, -0.05) is 26.7 Å². The molecule has 0 aromatic rings. The molecular weight excluding hydrogens is 246 g/mol. The molecule has 0 saturated heterocycles. The number of amides is 1. The third-order valence-electron chi connectivity index (χ3n) is 4.24. The fourth-order valence-electron chi connectivity index (χ4n) is 3.00. The minimum atomic E-state index is 0.156. The number of halogens is 1. The van der Waals surface area contributed by atoms with Crippen molar-refractivity contribution < 1.29 is 4.79 Å². The maximum atomic E-state index is 12.7. The van der Waals surface area contributed by atoms with Crippen LogP contribution in [0.3, 0.4) is 0 Å². The summed E-state index contributed by atoms with van der Waals surface area (Å²) in [6.07, 6.45) is 5.57. The highest BCUT2D eigenvalue weighted by Gasteiger charge is 2.39. The van der Waals surface area contributed by atoms with Crippen LogP contribution in [-0.2, 0) is 4.79 Å². The van der Waals surface area contributed by atoms with Gasteiger partial charge < -0.3 is 4.90 Å². The molecule has 1 unspecified atom stereocenters. The van der Waals surface area contributed by atoms with E-state index in [-0.39, 0.29) is 17.4 Å². The van der Waals surface area contributed by atoms with Gasteiger partial charge in [-0.25, -0.2) is 0 Å². The van der Waals surface area contributed by atoms with Crippen LogP contribution in [0.25, 0.3) is 0 Å². The second kappa shape index (κ2) is 6.79. The van der Waals surface area contributed by atoms with E-state index in [0.717, 1.165) is 19.4 Å². The molecule has 1 rings (SSSR count). The predicted molar refractivity (Wildman–Crippen MR) is 77.9 cm³/mol. The summed E-state index contributed by atoms with van der Waals surface area (Å²) < 4.78 is 0. The maximum Gasteiger partial charge on any atom is 0.226 e. The standard InChI is InChI=1S/C15H28ClNO/c1-12(2)17(11-7-10-16)14(18)13-8-5-6-9-15(13,3)4/h12-13H,5-11H2,1-4H3. The zero-order valence-corrected chi connectivity index (χ0v) is 13.1. The van der Waals surface area contributed by atoms with Gasteiger partial charge in [-0.3, -0.25) is 4.79 Å². The molecule has 0 aromatic carbocycles. The predicted octanol–water partition coefficient (Wildman–Crippen LogP) is 4.07. The zero-order chi connectivity index (χ0) is 13.8. The summed E-state index contributed by atoms with van der Waals surface area (Å²) in [5.74, 6) is 1.17. The molecule has 1 aliphatic rings. The first-order valence-electron chi connectivity index (χ1n) is 7.26. The Bertz CT molecular complexity index is 276. The van der Waals surface area contributed by atoms with E-state index in [2.05, 4.69) is 27.7 Å². The van der Waals surface area contributed by atoms with Crippen LogP contribution in [0.1, 0.15) is 59.8 Å². The lowest BCUT2D eigenvalue weighted by atomic mass is 9.68. The Kier molecular flexibility index (Phi) is 5.97. The molecule has 0 aliphatic heterocycles. The second-order valence-electron chi connectivity index (χ2n) is 6.45. The van der Waals surface area contributed by atoms with Crippen LogP contribution in [0.4, 0.5) is 0 Å². The van der Waals surface area contributed by atoms with E-state index >= 15 is 0 Å². The van der Waals surface area contributed by atoms with E-state index in [9.17, 15) is 4.79 Å². The lowest BCUT2D eigenvalue weighted by Crippen LogP contribution is -2.47. The molecule has 1 atom stereocenters. The van der Waals surface area contributed by atoms with E-state index in [1.54, 1.807) is 0 Å². The van der Waals surface area contributed by atoms with Crippen LogP contribution < -0.4 is 0 Å². The van der Waals surface area contributed by atoms with Crippen molar-refractivity contribution in [2.45, 2.75) is 65.8 Å². The normalized spacial score (nSPS) is 23.1. The first kappa shape index (κ1) is 15.8. The minimum Gasteiger partial charge on any atom is -0.340 e. The number of nitrogens with zero attached hydrogens (tertiary/aromatic N) is 1. The monoisotopic (exact) mass is 273 g/mol. The van der Waals surface area contributed by atoms with Crippen molar-refractivity contribution >= 4 is 17.5 Å². The van der Waals surface area contributed by atoms with Crippen LogP contribution >= 0.6 is 11.6 Å². The van der Waals surface area contributed by atoms with Gasteiger partial charge in [-0.15, -0.1) is 11.6 Å². The van der Waals surface area contributed by atoms with Crippen LogP contribution in [0.2, 0.25) is 0 Å². The Balaban J connectivity index is 2.74. The van der Waals surface area contributed by atoms with E-state index in [4.69, 9.17) is 11.6 Å². The van der Waals surface area contributed by atoms with Gasteiger partial charge in [-0.05, 0) is 38.5 Å². The number of carbonyl (C=O) groups excluding carboxylic acids is 1. The SMILES string of the molecule is CC(C)N(CCCCl)C(=O)C1CCCCC1(C)C. The summed E-state index contributed by atoms with van der Waals surface area (Å²) in [6, 6.07) is 0.276. The number of carbonyl (C=O) groups is 1. The Morgan fingerprint density at radius 3 is 2.56 bits per heavy atom. The van der Waals surface area contributed by atoms with Gasteiger partial charge >= 0.3 is 0 Å². The average molecular weight is 274 g/mol. The number of rotatable bonds is 5. The molecule has 1 fully saturated rings. The summed E-state index contributed by atoms with van der Waals surface area (Å²) in [5.41, 5.74) is 0.156. The van der Waals surface area contributed by atoms with Gasteiger partial charge in [0, 0.05) is 24.4 Å². The largest absolute Gasteiger partial charge is 0.340 e. The van der Waals surface area contributed by atoms with Crippen molar-refractivity contribution in [3.63, 3.8) is 0 Å². The lowest BCUT2D eigenvalue weighted by Gasteiger charge is -2.41. The van der Waals surface area contributed by atoms with Crippen molar-refractivity contribution in [1.82, 2.24) is 4.90 Å². The highest BCUT2D eigenvalue weighted by Crippen LogP contribution is 2.41. The maximum absolute atomic E-state index is 12.7. The van der Waals surface area contributed by atoms with Gasteiger partial charge in [0.2, 0.25) is 5.91 Å². The van der Waals surface area contributed by atoms with E-state index in [1.807, 2.05) is 4.90 Å². The Hall–Kier alpha value is -0.240. The first-order valence-corrected chi connectivity index (χ1v) is 7.80. The highest BCUT2D eigenvalue weighted by atomic mass is 35.5. The molecule has 0 N–H and O–H groups in total. The van der Waals surface area contributed by atoms with E-state index in [0.29, 0.717) is 11.8 Å². The minimum absolute atomic E-state index is 0.156. The van der Waals surface area contributed by atoms with E-state index < -0.39 is 0 Å². The molecule has 1 aliphatic carbocycles. The van der Waals surface area contributed by atoms with Gasteiger partial charge in [0.25, 0.3) is 0 Å². The molecule has 2 nitrogen and oxygen atoms in total. The Morgan fingerprint density at radius 1 is 1.39 bits per heavy atom. The van der Waals surface area contributed by atoms with Gasteiger partial charge in [0.15, 0.2) is 0 Å². The third-order valence-corrected chi connectivity index (χ3v) is 4.51. The van der Waals surface area contributed by atoms with Crippen LogP contribution in [0.5, 0.6) is 0 Å². The summed E-state index contributed by atoms with van der Waals surface area (Å²) in [7, 11) is 0. The molecule has 1 saturated carbocycles. The summed E-state index contributed by atoms with van der Waals surface area (Å²) in [5, 5.41) is 0. The Labute approximate surface area is 117 Å². The fraction of sp³-hybridized carbons (Fsp3) is 0.933. The van der Waals surface area contributed by atoms with E-state index in [1.165, 1.54) is 19.3 Å². The molecule has 3 heteroatoms. The second-order valence-corrected chi connectivity index (χ2v) is 6.83. The summed E-state index contributed by atoms with van der Waals surface area (Å²) >= 11 is 5.76. The van der Waals surface area contributed by atoms with Crippen molar-refractivity contribution in [3.05, 3.63) is 0 Å². The number of alkyl halides is 1. The molecule has 106 valence electrons. The molecule has 18 heavy (non-hydrogen) atoms. The summed E-state index contributed by atoms with van der Waals surface area (Å²) in [6.45, 7) is 9.49. The number of hydrogen-bond donors (Lipinski definition) is 0. The first-order chi connectivity index (χ1) is 8.40. The third kappa shape index (κ3) is 3.88. The fourth-order valence-corrected chi connectivity index (χ4v) is 3.12. The van der Waals surface area contributed by atoms with Gasteiger partial charge in [0.1, 0.15) is 0 Å². The molecule has 0 spiro atoms. The van der Waals surface area contributed by atoms with Crippen molar-refractivity contribution in [2.24, 2.45) is 11.3 Å². The van der Waals surface area contributed by atoms with Crippen molar-refractivity contribution in [1.29, 1.82) is 0 Å². The lowest BCUT2D eigenvalue weighted by molar-refractivity contribution is -0.143. The zero-order valence-electron chi connectivity index (χ0n) is 12.3.